The Kier molecular flexibility index (Phi) is 12.2. The van der Waals surface area contributed by atoms with Gasteiger partial charge in [-0.25, -0.2) is 14.6 Å². The number of halogens is 1. The normalized spacial score (nSPS) is 31.8. The van der Waals surface area contributed by atoms with E-state index >= 15 is 0 Å². The molecule has 3 amide bonds. The fraction of sp³-hybridized carbons (Fsp3) is 0.643. The van der Waals surface area contributed by atoms with Crippen LogP contribution in [0.25, 0.3) is 10.9 Å². The van der Waals surface area contributed by atoms with E-state index in [9.17, 15) is 24.3 Å². The molecule has 3 aliphatic heterocycles. The van der Waals surface area contributed by atoms with Crippen LogP contribution >= 0.6 is 11.6 Å². The number of ether oxygens (including phenoxy) is 5. The smallest absolute Gasteiger partial charge is 0.408 e. The first-order chi connectivity index (χ1) is 28.1. The zero-order valence-corrected chi connectivity index (χ0v) is 33.8. The van der Waals surface area contributed by atoms with Gasteiger partial charge in [-0.3, -0.25) is 14.5 Å². The number of hydrogen-bond donors (Lipinski definition) is 3. The van der Waals surface area contributed by atoms with Crippen LogP contribution < -0.4 is 24.8 Å². The van der Waals surface area contributed by atoms with Gasteiger partial charge in [-0.15, -0.1) is 0 Å². The summed E-state index contributed by atoms with van der Waals surface area (Å²) in [5.41, 5.74) is -1.05. The van der Waals surface area contributed by atoms with Crippen molar-refractivity contribution in [1.82, 2.24) is 25.4 Å². The van der Waals surface area contributed by atoms with Crippen LogP contribution in [0.4, 0.5) is 4.79 Å². The Labute approximate surface area is 343 Å². The molecule has 8 atom stereocenters. The SMILES string of the molecule is CCOc1cc(O[C@@H]2C[C@H]3C(=O)N[C@]4(C(=O)O)C[C@H]4/C=C\CCCCC[C@H](NC(=O)OC4C[C@@H]5C[C@@H]5C4)C(=O)N3C2)c2ccc(OCCN3CCOCC3)c(Cl)c2n1. The average Bonchev–Trinajstić information content (AvgIpc) is 4.01. The number of nitrogens with one attached hydrogen (secondary N) is 2. The summed E-state index contributed by atoms with van der Waals surface area (Å²) in [6.07, 6.45) is 8.93. The lowest BCUT2D eigenvalue weighted by molar-refractivity contribution is -0.145. The summed E-state index contributed by atoms with van der Waals surface area (Å²) in [5.74, 6) is -0.154. The Morgan fingerprint density at radius 3 is 2.64 bits per heavy atom. The van der Waals surface area contributed by atoms with Crippen molar-refractivity contribution < 1.29 is 48.0 Å². The fourth-order valence-corrected chi connectivity index (χ4v) is 9.40. The Morgan fingerprint density at radius 1 is 1.05 bits per heavy atom. The number of morpholine rings is 1. The van der Waals surface area contributed by atoms with Gasteiger partial charge in [-0.1, -0.05) is 36.6 Å². The highest BCUT2D eigenvalue weighted by molar-refractivity contribution is 6.36. The van der Waals surface area contributed by atoms with Crippen molar-refractivity contribution in [3.63, 3.8) is 0 Å². The van der Waals surface area contributed by atoms with E-state index in [1.165, 1.54) is 11.3 Å². The Balaban J connectivity index is 1.04. The minimum atomic E-state index is -1.46. The number of fused-ring (bicyclic) bond motifs is 4. The molecule has 5 fully saturated rings. The number of carboxylic acid groups (broad SMARTS) is 1. The van der Waals surface area contributed by atoms with E-state index in [0.29, 0.717) is 85.1 Å². The molecule has 1 unspecified atom stereocenters. The molecular formula is C42H54ClN5O10. The van der Waals surface area contributed by atoms with Gasteiger partial charge in [0.15, 0.2) is 0 Å². The Morgan fingerprint density at radius 2 is 1.86 bits per heavy atom. The number of nitrogens with zero attached hydrogens (tertiary/aromatic N) is 3. The number of hydrogen-bond acceptors (Lipinski definition) is 11. The van der Waals surface area contributed by atoms with Crippen molar-refractivity contribution in [2.45, 2.75) is 101 Å². The standard InChI is InChI=1S/C42H54ClN5O10/c1-2-55-35-22-34(30-10-11-33(36(43)37(30)45-35)56-17-14-47-12-15-54-16-13-47)57-29-21-32-38(49)46-42(40(51)52)23-27(42)8-6-4-3-5-7-9-31(39(50)48(32)24-29)44-41(53)58-28-19-25-18-26(25)20-28/h6,8,10-11,22,25-29,31-32H,2-5,7,9,12-21,23-24H2,1H3,(H,44,53)(H,46,49)(H,51,52)/b8-6-/t25-,26+,27-,28?,29-,31+,32+,42-/m1/s1. The molecule has 6 aliphatic rings. The highest BCUT2D eigenvalue weighted by Crippen LogP contribution is 2.52. The Hall–Kier alpha value is -4.34. The monoisotopic (exact) mass is 823 g/mol. The summed E-state index contributed by atoms with van der Waals surface area (Å²) in [5, 5.41) is 16.8. The average molecular weight is 824 g/mol. The summed E-state index contributed by atoms with van der Waals surface area (Å²) >= 11 is 6.93. The molecule has 3 N–H and O–H groups in total. The van der Waals surface area contributed by atoms with Gasteiger partial charge in [0.05, 0.1) is 26.4 Å². The van der Waals surface area contributed by atoms with E-state index in [4.69, 9.17) is 35.3 Å². The number of carboxylic acids is 1. The van der Waals surface area contributed by atoms with Crippen LogP contribution in [0.15, 0.2) is 30.4 Å². The number of rotatable bonds is 11. The van der Waals surface area contributed by atoms with Gasteiger partial charge in [0.2, 0.25) is 17.7 Å². The topological polar surface area (TPSA) is 178 Å². The first kappa shape index (κ1) is 40.4. The van der Waals surface area contributed by atoms with Crippen molar-refractivity contribution in [1.29, 1.82) is 0 Å². The molecule has 2 aromatic rings. The van der Waals surface area contributed by atoms with Crippen LogP contribution in [-0.2, 0) is 23.9 Å². The number of alkyl carbamates (subject to hydrolysis) is 1. The minimum absolute atomic E-state index is 0.00376. The van der Waals surface area contributed by atoms with Gasteiger partial charge < -0.3 is 44.3 Å². The summed E-state index contributed by atoms with van der Waals surface area (Å²) in [6.45, 7) is 6.37. The van der Waals surface area contributed by atoms with Gasteiger partial charge in [0, 0.05) is 43.4 Å². The van der Waals surface area contributed by atoms with Crippen LogP contribution in [0.2, 0.25) is 5.02 Å². The van der Waals surface area contributed by atoms with Crippen LogP contribution in [-0.4, -0.2) is 126 Å². The van der Waals surface area contributed by atoms with Gasteiger partial charge in [0.25, 0.3) is 0 Å². The van der Waals surface area contributed by atoms with E-state index < -0.39 is 47.6 Å². The molecular weight excluding hydrogens is 770 g/mol. The number of carbonyl (C=O) groups is 4. The van der Waals surface area contributed by atoms with E-state index in [1.54, 1.807) is 12.1 Å². The quantitative estimate of drug-likeness (QED) is 0.266. The van der Waals surface area contributed by atoms with Crippen LogP contribution in [0, 0.1) is 17.8 Å². The number of allylic oxidation sites excluding steroid dienone is 1. The number of benzene rings is 1. The second kappa shape index (κ2) is 17.5. The maximum Gasteiger partial charge on any atom is 0.408 e. The van der Waals surface area contributed by atoms with Crippen molar-refractivity contribution in [3.05, 3.63) is 35.4 Å². The van der Waals surface area contributed by atoms with Crippen LogP contribution in [0.5, 0.6) is 17.4 Å². The van der Waals surface area contributed by atoms with Gasteiger partial charge in [-0.05, 0) is 75.8 Å². The molecule has 4 heterocycles. The third-order valence-corrected chi connectivity index (χ3v) is 12.9. The summed E-state index contributed by atoms with van der Waals surface area (Å²) < 4.78 is 29.8. The van der Waals surface area contributed by atoms with Crippen molar-refractivity contribution in [2.24, 2.45) is 17.8 Å². The number of aromatic nitrogens is 1. The highest BCUT2D eigenvalue weighted by Gasteiger charge is 2.61. The predicted octanol–water partition coefficient (Wildman–Crippen LogP) is 4.72. The first-order valence-electron chi connectivity index (χ1n) is 21.0. The third-order valence-electron chi connectivity index (χ3n) is 12.6. The molecule has 16 heteroatoms. The first-order valence-corrected chi connectivity index (χ1v) is 21.3. The lowest BCUT2D eigenvalue weighted by Gasteiger charge is -2.29. The van der Waals surface area contributed by atoms with Gasteiger partial charge >= 0.3 is 12.1 Å². The molecule has 314 valence electrons. The van der Waals surface area contributed by atoms with E-state index in [1.807, 2.05) is 25.1 Å². The second-order valence-corrected chi connectivity index (χ2v) is 16.9. The predicted molar refractivity (Wildman–Crippen MR) is 212 cm³/mol. The maximum atomic E-state index is 14.6. The third kappa shape index (κ3) is 8.96. The number of aliphatic carboxylic acids is 1. The zero-order valence-electron chi connectivity index (χ0n) is 33.0. The van der Waals surface area contributed by atoms with Crippen LogP contribution in [0.3, 0.4) is 0 Å². The lowest BCUT2D eigenvalue weighted by atomic mass is 10.0. The largest absolute Gasteiger partial charge is 0.491 e. The molecule has 0 spiro atoms. The van der Waals surface area contributed by atoms with Gasteiger partial charge in [0.1, 0.15) is 58.5 Å². The van der Waals surface area contributed by atoms with Crippen molar-refractivity contribution in [3.8, 4) is 17.4 Å². The number of carbonyl (C=O) groups excluding carboxylic acids is 3. The molecule has 2 saturated heterocycles. The van der Waals surface area contributed by atoms with Gasteiger partial charge in [-0.2, -0.15) is 0 Å². The summed E-state index contributed by atoms with van der Waals surface area (Å²) in [7, 11) is 0. The second-order valence-electron chi connectivity index (χ2n) is 16.5. The fourth-order valence-electron chi connectivity index (χ4n) is 9.14. The van der Waals surface area contributed by atoms with E-state index in [0.717, 1.165) is 45.2 Å². The molecule has 0 bridgehead atoms. The van der Waals surface area contributed by atoms with E-state index in [-0.39, 0.29) is 37.3 Å². The summed E-state index contributed by atoms with van der Waals surface area (Å²) in [4.78, 5) is 63.0. The summed E-state index contributed by atoms with van der Waals surface area (Å²) in [6, 6.07) is 3.22. The molecule has 15 nitrogen and oxygen atoms in total. The van der Waals surface area contributed by atoms with Crippen molar-refractivity contribution in [2.75, 3.05) is 52.6 Å². The molecule has 3 saturated carbocycles. The molecule has 1 aromatic carbocycles. The van der Waals surface area contributed by atoms with E-state index in [2.05, 4.69) is 20.5 Å². The van der Waals surface area contributed by atoms with Crippen LogP contribution in [0.1, 0.15) is 71.1 Å². The molecule has 3 aliphatic carbocycles. The molecule has 1 aromatic heterocycles. The number of pyridine rings is 1. The Bertz CT molecular complexity index is 1900. The molecule has 58 heavy (non-hydrogen) atoms. The number of amides is 3. The molecule has 0 radical (unpaired) electrons. The highest BCUT2D eigenvalue weighted by atomic mass is 35.5. The van der Waals surface area contributed by atoms with Crippen molar-refractivity contribution >= 4 is 46.4 Å². The minimum Gasteiger partial charge on any atom is -0.491 e. The zero-order chi connectivity index (χ0) is 40.4. The lowest BCUT2D eigenvalue weighted by Crippen LogP contribution is -2.56. The maximum absolute atomic E-state index is 14.6. The molecule has 8 rings (SSSR count).